The van der Waals surface area contributed by atoms with E-state index < -0.39 is 24.2 Å². The number of nitrogens with zero attached hydrogens (tertiary/aromatic N) is 1. The SMILES string of the molecule is [2H]c1c([2H])c(N(c2ccccc2-c2cccc3oc4cc5ccccc5cc4c23)c2c([2H])c([2H])c(-c3ccc4c(c3)oc3ccccc34)c([2H])c2[2H])c([2H])c([2H])c1-c1ccccc1. The van der Waals surface area contributed by atoms with Crippen LogP contribution in [0.2, 0.25) is 0 Å². The number of hydrogen-bond donors (Lipinski definition) is 0. The standard InChI is InChI=1S/C52H33NO2/c1-2-11-34(12-3-1)35-21-26-40(27-22-35)53(41-28-23-36(24-29-41)39-25-30-44-43-16-7-9-19-48(43)54-50(44)33-39)47-18-8-6-15-42(47)45-17-10-20-49-52(45)46-31-37-13-4-5-14-38(37)32-51(46)55-49/h1-33H/i21D,22D,23D,24D,26D,27D,28D,29D. The maximum Gasteiger partial charge on any atom is 0.136 e. The first-order valence-corrected chi connectivity index (χ1v) is 18.0. The summed E-state index contributed by atoms with van der Waals surface area (Å²) in [5.41, 5.74) is 4.68. The Labute approximate surface area is 329 Å². The smallest absolute Gasteiger partial charge is 0.136 e. The minimum atomic E-state index is -0.437. The van der Waals surface area contributed by atoms with E-state index in [4.69, 9.17) is 8.83 Å². The lowest BCUT2D eigenvalue weighted by Crippen LogP contribution is -2.11. The lowest BCUT2D eigenvalue weighted by atomic mass is 9.96. The van der Waals surface area contributed by atoms with Crippen molar-refractivity contribution in [2.75, 3.05) is 4.90 Å². The van der Waals surface area contributed by atoms with E-state index in [1.807, 2.05) is 91.0 Å². The highest BCUT2D eigenvalue weighted by molar-refractivity contribution is 6.16. The Morgan fingerprint density at radius 1 is 0.364 bits per heavy atom. The van der Waals surface area contributed by atoms with Crippen molar-refractivity contribution >= 4 is 71.7 Å². The van der Waals surface area contributed by atoms with Gasteiger partial charge in [0.05, 0.1) is 16.7 Å². The van der Waals surface area contributed by atoms with E-state index in [1.165, 1.54) is 4.90 Å². The van der Waals surface area contributed by atoms with Crippen molar-refractivity contribution in [3.05, 3.63) is 200 Å². The number of para-hydroxylation sites is 2. The normalized spacial score (nSPS) is 13.7. The Kier molecular flexibility index (Phi) is 5.53. The van der Waals surface area contributed by atoms with Crippen molar-refractivity contribution in [3.63, 3.8) is 0 Å². The lowest BCUT2D eigenvalue weighted by molar-refractivity contribution is 0.669. The predicted octanol–water partition coefficient (Wildman–Crippen LogP) is 15.1. The maximum atomic E-state index is 9.71. The summed E-state index contributed by atoms with van der Waals surface area (Å²) in [4.78, 5) is 1.37. The van der Waals surface area contributed by atoms with Crippen molar-refractivity contribution in [2.24, 2.45) is 0 Å². The Balaban J connectivity index is 1.20. The average Bonchev–Trinajstić information content (AvgIpc) is 3.87. The molecule has 0 aliphatic heterocycles. The molecule has 11 aromatic rings. The molecule has 0 amide bonds. The Morgan fingerprint density at radius 2 is 0.945 bits per heavy atom. The number of anilines is 3. The highest BCUT2D eigenvalue weighted by Gasteiger charge is 2.21. The van der Waals surface area contributed by atoms with Gasteiger partial charge in [-0.15, -0.1) is 0 Å². The maximum absolute atomic E-state index is 9.71. The molecule has 0 N–H and O–H groups in total. The molecule has 0 atom stereocenters. The molecular formula is C52H33NO2. The van der Waals surface area contributed by atoms with Crippen LogP contribution in [0, 0.1) is 0 Å². The van der Waals surface area contributed by atoms with Gasteiger partial charge in [-0.1, -0.05) is 133 Å². The van der Waals surface area contributed by atoms with E-state index >= 15 is 0 Å². The summed E-state index contributed by atoms with van der Waals surface area (Å²) >= 11 is 0. The van der Waals surface area contributed by atoms with Crippen LogP contribution in [0.15, 0.2) is 209 Å². The number of furan rings is 2. The van der Waals surface area contributed by atoms with Crippen LogP contribution < -0.4 is 4.90 Å². The predicted molar refractivity (Wildman–Crippen MR) is 229 cm³/mol. The molecule has 0 unspecified atom stereocenters. The van der Waals surface area contributed by atoms with Gasteiger partial charge in [-0.25, -0.2) is 0 Å². The fourth-order valence-electron chi connectivity index (χ4n) is 7.60. The zero-order chi connectivity index (χ0) is 43.3. The summed E-state index contributed by atoms with van der Waals surface area (Å²) in [6, 6.07) is 43.6. The largest absolute Gasteiger partial charge is 0.456 e. The monoisotopic (exact) mass is 711 g/mol. The quantitative estimate of drug-likeness (QED) is 0.172. The molecule has 0 fully saturated rings. The van der Waals surface area contributed by atoms with Crippen LogP contribution in [-0.2, 0) is 0 Å². The van der Waals surface area contributed by atoms with E-state index in [0.717, 1.165) is 32.3 Å². The van der Waals surface area contributed by atoms with Gasteiger partial charge in [0.2, 0.25) is 0 Å². The summed E-state index contributed by atoms with van der Waals surface area (Å²) in [5, 5.41) is 5.44. The second-order valence-electron chi connectivity index (χ2n) is 13.5. The van der Waals surface area contributed by atoms with Crippen molar-refractivity contribution < 1.29 is 19.8 Å². The second-order valence-corrected chi connectivity index (χ2v) is 13.5. The van der Waals surface area contributed by atoms with E-state index in [9.17, 15) is 11.0 Å². The molecule has 9 aromatic carbocycles. The molecule has 11 rings (SSSR count). The van der Waals surface area contributed by atoms with Crippen LogP contribution in [-0.4, -0.2) is 0 Å². The average molecular weight is 712 g/mol. The molecule has 258 valence electrons. The van der Waals surface area contributed by atoms with Crippen LogP contribution >= 0.6 is 0 Å². The van der Waals surface area contributed by atoms with Crippen LogP contribution in [0.1, 0.15) is 11.0 Å². The summed E-state index contributed by atoms with van der Waals surface area (Å²) in [7, 11) is 0. The highest BCUT2D eigenvalue weighted by atomic mass is 16.3. The lowest BCUT2D eigenvalue weighted by Gasteiger charge is -2.28. The Morgan fingerprint density at radius 3 is 1.75 bits per heavy atom. The molecule has 2 heterocycles. The molecule has 0 saturated heterocycles. The molecule has 0 spiro atoms. The molecule has 3 nitrogen and oxygen atoms in total. The molecule has 55 heavy (non-hydrogen) atoms. The third kappa shape index (κ3) is 5.28. The van der Waals surface area contributed by atoms with E-state index in [2.05, 4.69) is 6.07 Å². The van der Waals surface area contributed by atoms with Crippen LogP contribution in [0.4, 0.5) is 17.1 Å². The van der Waals surface area contributed by atoms with Crippen molar-refractivity contribution in [3.8, 4) is 33.4 Å². The number of fused-ring (bicyclic) bond motifs is 7. The molecule has 0 aliphatic rings. The van der Waals surface area contributed by atoms with E-state index in [-0.39, 0.29) is 46.7 Å². The molecule has 0 bridgehead atoms. The molecule has 2 aromatic heterocycles. The van der Waals surface area contributed by atoms with Crippen molar-refractivity contribution in [1.29, 1.82) is 0 Å². The van der Waals surface area contributed by atoms with Gasteiger partial charge in [0.1, 0.15) is 22.3 Å². The zero-order valence-electron chi connectivity index (χ0n) is 37.2. The Hall–Kier alpha value is -7.36. The van der Waals surface area contributed by atoms with Crippen molar-refractivity contribution in [2.45, 2.75) is 0 Å². The first-order valence-electron chi connectivity index (χ1n) is 22.0. The van der Waals surface area contributed by atoms with Gasteiger partial charge in [0.15, 0.2) is 0 Å². The topological polar surface area (TPSA) is 29.5 Å². The minimum absolute atomic E-state index is 0.0465. The van der Waals surface area contributed by atoms with E-state index in [1.54, 1.807) is 54.6 Å². The summed E-state index contributed by atoms with van der Waals surface area (Å²) in [5.74, 6) is 0. The molecule has 0 saturated carbocycles. The van der Waals surface area contributed by atoms with E-state index in [0.29, 0.717) is 50.3 Å². The number of benzene rings is 9. The highest BCUT2D eigenvalue weighted by Crippen LogP contribution is 2.46. The number of hydrogen-bond acceptors (Lipinski definition) is 3. The molecule has 0 radical (unpaired) electrons. The molecule has 3 heteroatoms. The van der Waals surface area contributed by atoms with Gasteiger partial charge in [0.25, 0.3) is 0 Å². The van der Waals surface area contributed by atoms with Gasteiger partial charge in [-0.2, -0.15) is 0 Å². The fourth-order valence-corrected chi connectivity index (χ4v) is 7.60. The van der Waals surface area contributed by atoms with Crippen LogP contribution in [0.25, 0.3) is 88.0 Å². The summed E-state index contributed by atoms with van der Waals surface area (Å²) < 4.78 is 88.9. The zero-order valence-corrected chi connectivity index (χ0v) is 29.2. The van der Waals surface area contributed by atoms with Gasteiger partial charge in [0, 0.05) is 38.5 Å². The fraction of sp³-hybridized carbons (Fsp3) is 0. The molecular weight excluding hydrogens is 671 g/mol. The third-order valence-corrected chi connectivity index (χ3v) is 10.2. The summed E-state index contributed by atoms with van der Waals surface area (Å²) in [6.45, 7) is 0. The van der Waals surface area contributed by atoms with Crippen molar-refractivity contribution in [1.82, 2.24) is 0 Å². The van der Waals surface area contributed by atoms with Crippen LogP contribution in [0.3, 0.4) is 0 Å². The minimum Gasteiger partial charge on any atom is -0.456 e. The summed E-state index contributed by atoms with van der Waals surface area (Å²) in [6.07, 6.45) is 0. The Bertz CT molecular complexity index is 3630. The van der Waals surface area contributed by atoms with Gasteiger partial charge < -0.3 is 13.7 Å². The van der Waals surface area contributed by atoms with Crippen LogP contribution in [0.5, 0.6) is 0 Å². The third-order valence-electron chi connectivity index (χ3n) is 10.2. The second kappa shape index (κ2) is 12.6. The van der Waals surface area contributed by atoms with Gasteiger partial charge >= 0.3 is 0 Å². The first-order chi connectivity index (χ1) is 30.6. The van der Waals surface area contributed by atoms with Gasteiger partial charge in [-0.3, -0.25) is 0 Å². The first kappa shape index (κ1) is 24.1. The number of rotatable bonds is 6. The van der Waals surface area contributed by atoms with Gasteiger partial charge in [-0.05, 0) is 105 Å². The molecule has 0 aliphatic carbocycles.